The highest BCUT2D eigenvalue weighted by molar-refractivity contribution is 7.99. The zero-order valence-electron chi connectivity index (χ0n) is 10.5. The first-order valence-electron chi connectivity index (χ1n) is 5.60. The molecule has 0 atom stereocenters. The molecule has 1 heterocycles. The summed E-state index contributed by atoms with van der Waals surface area (Å²) in [6.07, 6.45) is 0. The number of nitrogens with zero attached hydrogens (tertiary/aromatic N) is 4. The van der Waals surface area contributed by atoms with E-state index >= 15 is 0 Å². The van der Waals surface area contributed by atoms with E-state index in [9.17, 15) is 0 Å². The molecule has 2 aromatic rings. The zero-order chi connectivity index (χ0) is 12.4. The van der Waals surface area contributed by atoms with E-state index in [-0.39, 0.29) is 0 Å². The van der Waals surface area contributed by atoms with Crippen molar-refractivity contribution in [3.63, 3.8) is 0 Å². The number of thioether (sulfide) groups is 1. The molecule has 2 rings (SSSR count). The Kier molecular flexibility index (Phi) is 3.47. The molecule has 0 bridgehead atoms. The fourth-order valence-corrected chi connectivity index (χ4v) is 2.40. The van der Waals surface area contributed by atoms with Crippen molar-refractivity contribution < 1.29 is 0 Å². The van der Waals surface area contributed by atoms with Gasteiger partial charge in [-0.05, 0) is 35.9 Å². The standard InChI is InChI=1S/C12H16N4S/c1-8(2)17-12-13-14-15-16(12)11-6-5-9(3)7-10(11)4/h5-8H,1-4H3. The first-order valence-corrected chi connectivity index (χ1v) is 6.48. The van der Waals surface area contributed by atoms with Gasteiger partial charge in [-0.1, -0.05) is 43.3 Å². The molecule has 0 saturated carbocycles. The summed E-state index contributed by atoms with van der Waals surface area (Å²) >= 11 is 1.67. The van der Waals surface area contributed by atoms with Gasteiger partial charge in [0.2, 0.25) is 5.16 Å². The van der Waals surface area contributed by atoms with Crippen LogP contribution in [0.5, 0.6) is 0 Å². The summed E-state index contributed by atoms with van der Waals surface area (Å²) in [5, 5.41) is 13.2. The molecular weight excluding hydrogens is 232 g/mol. The van der Waals surface area contributed by atoms with Crippen molar-refractivity contribution in [3.8, 4) is 5.69 Å². The highest BCUT2D eigenvalue weighted by Gasteiger charge is 2.12. The summed E-state index contributed by atoms with van der Waals surface area (Å²) in [7, 11) is 0. The molecule has 5 heteroatoms. The van der Waals surface area contributed by atoms with E-state index < -0.39 is 0 Å². The molecule has 0 radical (unpaired) electrons. The zero-order valence-corrected chi connectivity index (χ0v) is 11.3. The minimum absolute atomic E-state index is 0.463. The van der Waals surface area contributed by atoms with E-state index in [1.807, 2.05) is 0 Å². The van der Waals surface area contributed by atoms with Gasteiger partial charge in [0.1, 0.15) is 0 Å². The van der Waals surface area contributed by atoms with Crippen LogP contribution in [0.25, 0.3) is 5.69 Å². The maximum absolute atomic E-state index is 4.06. The fraction of sp³-hybridized carbons (Fsp3) is 0.417. The number of tetrazole rings is 1. The van der Waals surface area contributed by atoms with Crippen molar-refractivity contribution in [2.24, 2.45) is 0 Å². The molecule has 0 unspecified atom stereocenters. The van der Waals surface area contributed by atoms with Crippen LogP contribution in [0, 0.1) is 13.8 Å². The topological polar surface area (TPSA) is 43.6 Å². The summed E-state index contributed by atoms with van der Waals surface area (Å²) in [6, 6.07) is 6.28. The quantitative estimate of drug-likeness (QED) is 0.783. The lowest BCUT2D eigenvalue weighted by Crippen LogP contribution is -2.03. The van der Waals surface area contributed by atoms with E-state index in [4.69, 9.17) is 0 Å². The smallest absolute Gasteiger partial charge is 0.187 e. The van der Waals surface area contributed by atoms with Gasteiger partial charge in [0.05, 0.1) is 5.69 Å². The third kappa shape index (κ3) is 2.66. The van der Waals surface area contributed by atoms with E-state index in [0.717, 1.165) is 10.8 Å². The third-order valence-corrected chi connectivity index (χ3v) is 3.30. The summed E-state index contributed by atoms with van der Waals surface area (Å²) in [5.41, 5.74) is 3.48. The maximum atomic E-state index is 4.06. The average Bonchev–Trinajstić information content (AvgIpc) is 2.65. The van der Waals surface area contributed by atoms with Crippen molar-refractivity contribution in [1.82, 2.24) is 20.2 Å². The van der Waals surface area contributed by atoms with Crippen molar-refractivity contribution in [1.29, 1.82) is 0 Å². The molecule has 1 aromatic carbocycles. The molecule has 90 valence electrons. The lowest BCUT2D eigenvalue weighted by atomic mass is 10.1. The van der Waals surface area contributed by atoms with E-state index in [2.05, 4.69) is 61.4 Å². The average molecular weight is 248 g/mol. The van der Waals surface area contributed by atoms with Gasteiger partial charge in [-0.25, -0.2) is 0 Å². The Morgan fingerprint density at radius 1 is 1.24 bits per heavy atom. The number of hydrogen-bond acceptors (Lipinski definition) is 4. The van der Waals surface area contributed by atoms with E-state index in [0.29, 0.717) is 5.25 Å². The Balaban J connectivity index is 2.42. The second-order valence-corrected chi connectivity index (χ2v) is 5.87. The van der Waals surface area contributed by atoms with Crippen LogP contribution < -0.4 is 0 Å². The Morgan fingerprint density at radius 2 is 2.00 bits per heavy atom. The van der Waals surface area contributed by atoms with Gasteiger partial charge < -0.3 is 0 Å². The van der Waals surface area contributed by atoms with Gasteiger partial charge >= 0.3 is 0 Å². The second-order valence-electron chi connectivity index (χ2n) is 4.33. The molecule has 4 nitrogen and oxygen atoms in total. The molecule has 1 aromatic heterocycles. The fourth-order valence-electron chi connectivity index (χ4n) is 1.66. The largest absolute Gasteiger partial charge is 0.214 e. The maximum Gasteiger partial charge on any atom is 0.214 e. The predicted octanol–water partition coefficient (Wildman–Crippen LogP) is 2.78. The summed E-state index contributed by atoms with van der Waals surface area (Å²) in [5.74, 6) is 0. The van der Waals surface area contributed by atoms with Crippen LogP contribution in [0.2, 0.25) is 0 Å². The Bertz CT molecular complexity index is 519. The molecule has 0 saturated heterocycles. The minimum Gasteiger partial charge on any atom is -0.187 e. The van der Waals surface area contributed by atoms with Crippen LogP contribution in [0.15, 0.2) is 23.4 Å². The normalized spacial score (nSPS) is 11.1. The van der Waals surface area contributed by atoms with Gasteiger partial charge in [0.15, 0.2) is 0 Å². The van der Waals surface area contributed by atoms with Crippen molar-refractivity contribution in [2.75, 3.05) is 0 Å². The van der Waals surface area contributed by atoms with Gasteiger partial charge in [-0.2, -0.15) is 4.68 Å². The lowest BCUT2D eigenvalue weighted by molar-refractivity contribution is 0.750. The highest BCUT2D eigenvalue weighted by Crippen LogP contribution is 2.24. The Morgan fingerprint density at radius 3 is 2.65 bits per heavy atom. The van der Waals surface area contributed by atoms with Crippen molar-refractivity contribution in [3.05, 3.63) is 29.3 Å². The first kappa shape index (κ1) is 12.1. The predicted molar refractivity (Wildman–Crippen MR) is 69.6 cm³/mol. The monoisotopic (exact) mass is 248 g/mol. The van der Waals surface area contributed by atoms with Crippen molar-refractivity contribution >= 4 is 11.8 Å². The van der Waals surface area contributed by atoms with Crippen LogP contribution in [-0.2, 0) is 0 Å². The molecular formula is C12H16N4S. The second kappa shape index (κ2) is 4.87. The van der Waals surface area contributed by atoms with Gasteiger partial charge in [0.25, 0.3) is 0 Å². The highest BCUT2D eigenvalue weighted by atomic mass is 32.2. The van der Waals surface area contributed by atoms with Gasteiger partial charge in [-0.15, -0.1) is 5.10 Å². The minimum atomic E-state index is 0.463. The van der Waals surface area contributed by atoms with E-state index in [1.54, 1.807) is 16.4 Å². The number of benzene rings is 1. The first-order chi connectivity index (χ1) is 8.08. The molecule has 17 heavy (non-hydrogen) atoms. The van der Waals surface area contributed by atoms with Crippen LogP contribution in [-0.4, -0.2) is 25.5 Å². The SMILES string of the molecule is Cc1ccc(-n2nnnc2SC(C)C)c(C)c1. The molecule has 0 N–H and O–H groups in total. The van der Waals surface area contributed by atoms with E-state index in [1.165, 1.54) is 11.1 Å². The van der Waals surface area contributed by atoms with Crippen LogP contribution in [0.3, 0.4) is 0 Å². The van der Waals surface area contributed by atoms with Gasteiger partial charge in [-0.3, -0.25) is 0 Å². The Hall–Kier alpha value is -1.36. The van der Waals surface area contributed by atoms with Crippen LogP contribution >= 0.6 is 11.8 Å². The molecule has 0 amide bonds. The lowest BCUT2D eigenvalue weighted by Gasteiger charge is -2.09. The number of aromatic nitrogens is 4. The number of aryl methyl sites for hydroxylation is 2. The van der Waals surface area contributed by atoms with Gasteiger partial charge in [0, 0.05) is 5.25 Å². The van der Waals surface area contributed by atoms with Crippen LogP contribution in [0.4, 0.5) is 0 Å². The number of rotatable bonds is 3. The molecule has 0 spiro atoms. The third-order valence-electron chi connectivity index (χ3n) is 2.36. The molecule has 0 aliphatic carbocycles. The molecule has 0 aliphatic heterocycles. The molecule has 0 fully saturated rings. The summed E-state index contributed by atoms with van der Waals surface area (Å²) in [4.78, 5) is 0. The number of hydrogen-bond donors (Lipinski definition) is 0. The Labute approximate surface area is 105 Å². The summed E-state index contributed by atoms with van der Waals surface area (Å²) in [6.45, 7) is 8.42. The van der Waals surface area contributed by atoms with Crippen LogP contribution in [0.1, 0.15) is 25.0 Å². The van der Waals surface area contributed by atoms with Crippen molar-refractivity contribution in [2.45, 2.75) is 38.1 Å². The summed E-state index contributed by atoms with van der Waals surface area (Å²) < 4.78 is 1.80. The molecule has 0 aliphatic rings.